The third-order valence-corrected chi connectivity index (χ3v) is 6.14. The van der Waals surface area contributed by atoms with Gasteiger partial charge >= 0.3 is 0 Å². The maximum atomic E-state index is 12.8. The van der Waals surface area contributed by atoms with Gasteiger partial charge in [0.15, 0.2) is 0 Å². The number of amides is 1. The molecule has 3 aromatic carbocycles. The highest BCUT2D eigenvalue weighted by Crippen LogP contribution is 2.34. The Morgan fingerprint density at radius 2 is 1.78 bits per heavy atom. The van der Waals surface area contributed by atoms with Crippen molar-refractivity contribution in [3.05, 3.63) is 88.9 Å². The van der Waals surface area contributed by atoms with Gasteiger partial charge in [-0.2, -0.15) is 0 Å². The summed E-state index contributed by atoms with van der Waals surface area (Å²) in [7, 11) is 0. The summed E-state index contributed by atoms with van der Waals surface area (Å²) in [5, 5.41) is 7.91. The van der Waals surface area contributed by atoms with Crippen molar-refractivity contribution < 1.29 is 9.21 Å². The van der Waals surface area contributed by atoms with Gasteiger partial charge in [0.2, 0.25) is 0 Å². The minimum Gasteiger partial charge on any atom is -0.456 e. The number of nitrogens with one attached hydrogen (secondary N) is 2. The lowest BCUT2D eigenvalue weighted by atomic mass is 10.1. The van der Waals surface area contributed by atoms with Crippen LogP contribution in [0.15, 0.2) is 77.2 Å². The van der Waals surface area contributed by atoms with Gasteiger partial charge in [-0.3, -0.25) is 9.69 Å². The van der Waals surface area contributed by atoms with Crippen molar-refractivity contribution in [3.8, 4) is 11.3 Å². The number of fused-ring (bicyclic) bond motifs is 1. The average Bonchev–Trinajstić information content (AvgIpc) is 3.26. The molecule has 0 atom stereocenters. The predicted octanol–water partition coefficient (Wildman–Crippen LogP) is 5.41. The average molecular weight is 446 g/mol. The molecule has 1 aliphatic heterocycles. The van der Waals surface area contributed by atoms with E-state index in [1.165, 1.54) is 5.56 Å². The maximum absolute atomic E-state index is 12.8. The monoisotopic (exact) mass is 445 g/mol. The summed E-state index contributed by atoms with van der Waals surface area (Å²) in [5.74, 6) is 0.473. The largest absolute Gasteiger partial charge is 0.456 e. The van der Waals surface area contributed by atoms with Crippen LogP contribution in [0.4, 0.5) is 5.69 Å². The molecular formula is C26H24ClN3O2. The first-order valence-corrected chi connectivity index (χ1v) is 11.2. The molecular weight excluding hydrogens is 422 g/mol. The molecule has 6 heteroatoms. The van der Waals surface area contributed by atoms with Crippen molar-refractivity contribution in [3.63, 3.8) is 0 Å². The van der Waals surface area contributed by atoms with Gasteiger partial charge in [-0.25, -0.2) is 0 Å². The van der Waals surface area contributed by atoms with Gasteiger partial charge in [-0.15, -0.1) is 0 Å². The molecule has 0 radical (unpaired) electrons. The Morgan fingerprint density at radius 1 is 1.00 bits per heavy atom. The van der Waals surface area contributed by atoms with Gasteiger partial charge < -0.3 is 15.1 Å². The van der Waals surface area contributed by atoms with E-state index in [1.54, 1.807) is 24.3 Å². The molecule has 32 heavy (non-hydrogen) atoms. The Hall–Kier alpha value is -3.12. The molecule has 5 rings (SSSR count). The minimum absolute atomic E-state index is 0.251. The normalized spacial score (nSPS) is 14.5. The van der Waals surface area contributed by atoms with Crippen molar-refractivity contribution in [2.24, 2.45) is 0 Å². The minimum atomic E-state index is -0.251. The van der Waals surface area contributed by atoms with Crippen LogP contribution in [0.2, 0.25) is 5.02 Å². The number of benzene rings is 3. The molecule has 1 aliphatic rings. The maximum Gasteiger partial charge on any atom is 0.257 e. The fraction of sp³-hybridized carbons (Fsp3) is 0.192. The van der Waals surface area contributed by atoms with E-state index in [2.05, 4.69) is 27.7 Å². The number of hydrogen-bond donors (Lipinski definition) is 2. The van der Waals surface area contributed by atoms with Crippen LogP contribution < -0.4 is 10.6 Å². The molecule has 2 N–H and O–H groups in total. The van der Waals surface area contributed by atoms with E-state index >= 15 is 0 Å². The Bertz CT molecular complexity index is 1260. The van der Waals surface area contributed by atoms with Crippen molar-refractivity contribution in [1.82, 2.24) is 10.2 Å². The van der Waals surface area contributed by atoms with Crippen molar-refractivity contribution in [2.75, 3.05) is 31.5 Å². The molecule has 0 spiro atoms. The smallest absolute Gasteiger partial charge is 0.257 e. The van der Waals surface area contributed by atoms with E-state index < -0.39 is 0 Å². The summed E-state index contributed by atoms with van der Waals surface area (Å²) in [6.07, 6.45) is 0. The van der Waals surface area contributed by atoms with Crippen molar-refractivity contribution in [2.45, 2.75) is 6.54 Å². The number of anilines is 1. The van der Waals surface area contributed by atoms with Gasteiger partial charge in [0, 0.05) is 43.7 Å². The zero-order chi connectivity index (χ0) is 21.9. The molecule has 162 valence electrons. The van der Waals surface area contributed by atoms with Gasteiger partial charge in [0.25, 0.3) is 5.91 Å². The van der Waals surface area contributed by atoms with Crippen LogP contribution in [0.3, 0.4) is 0 Å². The Kier molecular flexibility index (Phi) is 5.95. The second kappa shape index (κ2) is 9.17. The molecule has 5 nitrogen and oxygen atoms in total. The number of halogens is 1. The van der Waals surface area contributed by atoms with E-state index in [4.69, 9.17) is 16.0 Å². The van der Waals surface area contributed by atoms with Crippen LogP contribution in [-0.4, -0.2) is 37.0 Å². The molecule has 1 aromatic heterocycles. The third-order valence-electron chi connectivity index (χ3n) is 5.81. The molecule has 0 unspecified atom stereocenters. The summed E-state index contributed by atoms with van der Waals surface area (Å²) >= 11 is 6.21. The van der Waals surface area contributed by atoms with Crippen molar-refractivity contribution >= 4 is 34.2 Å². The van der Waals surface area contributed by atoms with Crippen LogP contribution in [0, 0.1) is 0 Å². The summed E-state index contributed by atoms with van der Waals surface area (Å²) < 4.78 is 6.23. The van der Waals surface area contributed by atoms with E-state index in [9.17, 15) is 4.79 Å². The van der Waals surface area contributed by atoms with Crippen LogP contribution in [0.25, 0.3) is 22.3 Å². The van der Waals surface area contributed by atoms with E-state index in [-0.39, 0.29) is 5.91 Å². The first-order valence-electron chi connectivity index (χ1n) is 10.8. The molecule has 4 aromatic rings. The second-order valence-electron chi connectivity index (χ2n) is 7.95. The first-order chi connectivity index (χ1) is 15.7. The Labute approximate surface area is 192 Å². The molecule has 1 amide bonds. The number of para-hydroxylation sites is 1. The fourth-order valence-corrected chi connectivity index (χ4v) is 4.37. The summed E-state index contributed by atoms with van der Waals surface area (Å²) in [6.45, 7) is 5.01. The van der Waals surface area contributed by atoms with Crippen molar-refractivity contribution in [1.29, 1.82) is 0 Å². The summed E-state index contributed by atoms with van der Waals surface area (Å²) in [5.41, 5.74) is 4.04. The van der Waals surface area contributed by atoms with E-state index in [1.807, 2.05) is 36.4 Å². The number of rotatable bonds is 5. The topological polar surface area (TPSA) is 57.5 Å². The number of carbonyl (C=O) groups excluding carboxylic acids is 1. The summed E-state index contributed by atoms with van der Waals surface area (Å²) in [4.78, 5) is 15.3. The van der Waals surface area contributed by atoms with Gasteiger partial charge in [0.05, 0.1) is 16.3 Å². The molecule has 0 aliphatic carbocycles. The quantitative estimate of drug-likeness (QED) is 0.431. The predicted molar refractivity (Wildman–Crippen MR) is 129 cm³/mol. The Morgan fingerprint density at radius 3 is 2.62 bits per heavy atom. The highest BCUT2D eigenvalue weighted by molar-refractivity contribution is 6.34. The number of nitrogens with zero attached hydrogens (tertiary/aromatic N) is 1. The van der Waals surface area contributed by atoms with Crippen LogP contribution >= 0.6 is 11.6 Å². The second-order valence-corrected chi connectivity index (χ2v) is 8.35. The lowest BCUT2D eigenvalue weighted by Crippen LogP contribution is -2.42. The van der Waals surface area contributed by atoms with Gasteiger partial charge in [0.1, 0.15) is 11.3 Å². The highest BCUT2D eigenvalue weighted by atomic mass is 35.5. The van der Waals surface area contributed by atoms with Crippen LogP contribution in [0.5, 0.6) is 0 Å². The number of piperazine rings is 1. The SMILES string of the molecule is O=C(Nc1ccccc1-c1cc2c(CN3CCNCC3)cccc2o1)c1ccccc1Cl. The zero-order valence-electron chi connectivity index (χ0n) is 17.6. The molecule has 0 bridgehead atoms. The first kappa shape index (κ1) is 20.8. The Balaban J connectivity index is 1.46. The van der Waals surface area contributed by atoms with Gasteiger partial charge in [-0.05, 0) is 42.0 Å². The van der Waals surface area contributed by atoms with Gasteiger partial charge in [-0.1, -0.05) is 48.0 Å². The standard InChI is InChI=1S/C26H24ClN3O2/c27-22-9-3-1-7-19(22)26(31)29-23-10-4-2-8-20(23)25-16-21-18(6-5-11-24(21)32-25)17-30-14-12-28-13-15-30/h1-11,16,28H,12-15,17H2,(H,29,31). The molecule has 1 saturated heterocycles. The summed E-state index contributed by atoms with van der Waals surface area (Å²) in [6, 6.07) is 23.0. The third kappa shape index (κ3) is 4.28. The highest BCUT2D eigenvalue weighted by Gasteiger charge is 2.17. The van der Waals surface area contributed by atoms with Crippen LogP contribution in [0.1, 0.15) is 15.9 Å². The fourth-order valence-electron chi connectivity index (χ4n) is 4.14. The van der Waals surface area contributed by atoms with Crippen LogP contribution in [-0.2, 0) is 6.54 Å². The number of furan rings is 1. The molecule has 0 saturated carbocycles. The zero-order valence-corrected chi connectivity index (χ0v) is 18.4. The van der Waals surface area contributed by atoms with E-state index in [0.717, 1.165) is 55.0 Å². The molecule has 1 fully saturated rings. The lowest BCUT2D eigenvalue weighted by Gasteiger charge is -2.27. The lowest BCUT2D eigenvalue weighted by molar-refractivity contribution is 0.102. The number of hydrogen-bond acceptors (Lipinski definition) is 4. The number of carbonyl (C=O) groups is 1. The van der Waals surface area contributed by atoms with E-state index in [0.29, 0.717) is 16.3 Å². The molecule has 2 heterocycles.